The van der Waals surface area contributed by atoms with Crippen molar-refractivity contribution in [3.63, 3.8) is 0 Å². The molecule has 0 aromatic rings. The molecule has 1 fully saturated rings. The molecule has 0 spiro atoms. The van der Waals surface area contributed by atoms with Crippen molar-refractivity contribution in [2.75, 3.05) is 0 Å². The van der Waals surface area contributed by atoms with E-state index in [1.54, 1.807) is 0 Å². The highest BCUT2D eigenvalue weighted by molar-refractivity contribution is 6.02. The highest BCUT2D eigenvalue weighted by Crippen LogP contribution is 2.35. The number of amidine groups is 1. The molecule has 1 heterocycles. The maximum atomic E-state index is 12.8. The average molecular weight is 262 g/mol. The lowest BCUT2D eigenvalue weighted by Crippen LogP contribution is -2.51. The van der Waals surface area contributed by atoms with E-state index >= 15 is 0 Å². The van der Waals surface area contributed by atoms with Gasteiger partial charge in [-0.2, -0.15) is 0 Å². The maximum Gasteiger partial charge on any atom is 0.233 e. The van der Waals surface area contributed by atoms with Crippen molar-refractivity contribution < 1.29 is 4.79 Å². The fraction of sp³-hybridized carbons (Fsp3) is 0.750. The van der Waals surface area contributed by atoms with Crippen LogP contribution < -0.4 is 0 Å². The lowest BCUT2D eigenvalue weighted by atomic mass is 9.85. The Bertz CT molecular complexity index is 396. The third kappa shape index (κ3) is 2.90. The first-order valence-corrected chi connectivity index (χ1v) is 7.62. The summed E-state index contributed by atoms with van der Waals surface area (Å²) in [7, 11) is 0. The van der Waals surface area contributed by atoms with E-state index < -0.39 is 0 Å². The Labute approximate surface area is 116 Å². The largest absolute Gasteiger partial charge is 0.297 e. The maximum absolute atomic E-state index is 12.8. The van der Waals surface area contributed by atoms with Gasteiger partial charge in [0.05, 0.1) is 12.0 Å². The molecule has 3 unspecified atom stereocenters. The molecular formula is C16H26N2O. The van der Waals surface area contributed by atoms with Crippen LogP contribution in [0.4, 0.5) is 0 Å². The van der Waals surface area contributed by atoms with Crippen LogP contribution >= 0.6 is 0 Å². The van der Waals surface area contributed by atoms with E-state index in [2.05, 4.69) is 26.8 Å². The van der Waals surface area contributed by atoms with Crippen molar-refractivity contribution in [2.24, 2.45) is 16.8 Å². The van der Waals surface area contributed by atoms with Crippen molar-refractivity contribution in [1.82, 2.24) is 4.90 Å². The van der Waals surface area contributed by atoms with E-state index in [0.717, 1.165) is 31.5 Å². The molecule has 1 amide bonds. The van der Waals surface area contributed by atoms with Crippen LogP contribution in [0.1, 0.15) is 53.4 Å². The predicted octanol–water partition coefficient (Wildman–Crippen LogP) is 3.41. The quantitative estimate of drug-likeness (QED) is 0.699. The van der Waals surface area contributed by atoms with E-state index in [0.29, 0.717) is 11.9 Å². The van der Waals surface area contributed by atoms with Crippen LogP contribution in [0.15, 0.2) is 17.1 Å². The summed E-state index contributed by atoms with van der Waals surface area (Å²) in [6.07, 6.45) is 8.44. The SMILES string of the molecule is C/C=C\C(C)C1C(=O)N(C2CC2)C(CCC)=NC1C. The van der Waals surface area contributed by atoms with Gasteiger partial charge < -0.3 is 0 Å². The third-order valence-electron chi connectivity index (χ3n) is 4.12. The molecule has 0 saturated heterocycles. The summed E-state index contributed by atoms with van der Waals surface area (Å²) in [4.78, 5) is 19.7. The van der Waals surface area contributed by atoms with Crippen LogP contribution in [0.25, 0.3) is 0 Å². The van der Waals surface area contributed by atoms with Gasteiger partial charge in [-0.25, -0.2) is 0 Å². The van der Waals surface area contributed by atoms with E-state index in [-0.39, 0.29) is 17.9 Å². The Morgan fingerprint density at radius 1 is 1.47 bits per heavy atom. The standard InChI is InChI=1S/C16H26N2O/c1-5-7-11(3)15-12(4)17-14(8-6-2)18(16(15)19)13-9-10-13/h5,7,11-13,15H,6,8-10H2,1-4H3/b7-5-. The van der Waals surface area contributed by atoms with Crippen LogP contribution in [-0.4, -0.2) is 28.7 Å². The minimum absolute atomic E-state index is 0.0115. The number of rotatable bonds is 5. The van der Waals surface area contributed by atoms with Gasteiger partial charge in [0.1, 0.15) is 5.84 Å². The fourth-order valence-electron chi connectivity index (χ4n) is 3.09. The molecule has 19 heavy (non-hydrogen) atoms. The van der Waals surface area contributed by atoms with Crippen molar-refractivity contribution in [3.8, 4) is 0 Å². The zero-order valence-electron chi connectivity index (χ0n) is 12.6. The van der Waals surface area contributed by atoms with Crippen molar-refractivity contribution in [1.29, 1.82) is 0 Å². The van der Waals surface area contributed by atoms with Gasteiger partial charge in [0.15, 0.2) is 0 Å². The zero-order chi connectivity index (χ0) is 14.0. The first-order chi connectivity index (χ1) is 9.10. The van der Waals surface area contributed by atoms with Gasteiger partial charge in [0.25, 0.3) is 0 Å². The summed E-state index contributed by atoms with van der Waals surface area (Å²) in [6.45, 7) is 8.38. The highest BCUT2D eigenvalue weighted by atomic mass is 16.2. The molecule has 1 saturated carbocycles. The number of aliphatic imine (C=N–C) groups is 1. The summed E-state index contributed by atoms with van der Waals surface area (Å²) in [5, 5.41) is 0. The minimum Gasteiger partial charge on any atom is -0.297 e. The van der Waals surface area contributed by atoms with Gasteiger partial charge in [-0.05, 0) is 39.0 Å². The Morgan fingerprint density at radius 2 is 2.16 bits per heavy atom. The summed E-state index contributed by atoms with van der Waals surface area (Å²) in [5.41, 5.74) is 0. The Kier molecular flexibility index (Phi) is 4.43. The summed E-state index contributed by atoms with van der Waals surface area (Å²) >= 11 is 0. The monoisotopic (exact) mass is 262 g/mol. The van der Waals surface area contributed by atoms with Gasteiger partial charge >= 0.3 is 0 Å². The van der Waals surface area contributed by atoms with Gasteiger partial charge in [-0.15, -0.1) is 0 Å². The molecule has 3 heteroatoms. The smallest absolute Gasteiger partial charge is 0.233 e. The average Bonchev–Trinajstić information content (AvgIpc) is 3.13. The number of hydrogen-bond donors (Lipinski definition) is 0. The van der Waals surface area contributed by atoms with Gasteiger partial charge in [-0.3, -0.25) is 14.7 Å². The van der Waals surface area contributed by atoms with Crippen LogP contribution in [0.5, 0.6) is 0 Å². The molecule has 0 radical (unpaired) electrons. The van der Waals surface area contributed by atoms with E-state index in [1.807, 2.05) is 17.9 Å². The molecule has 1 aliphatic heterocycles. The highest BCUT2D eigenvalue weighted by Gasteiger charge is 2.44. The number of hydrogen-bond acceptors (Lipinski definition) is 2. The fourth-order valence-corrected chi connectivity index (χ4v) is 3.09. The van der Waals surface area contributed by atoms with Gasteiger partial charge in [-0.1, -0.05) is 26.0 Å². The Hall–Kier alpha value is -1.12. The van der Waals surface area contributed by atoms with Gasteiger partial charge in [0.2, 0.25) is 5.91 Å². The normalized spacial score (nSPS) is 29.8. The molecule has 3 atom stereocenters. The van der Waals surface area contributed by atoms with E-state index in [1.165, 1.54) is 0 Å². The van der Waals surface area contributed by atoms with Crippen LogP contribution in [-0.2, 0) is 4.79 Å². The molecule has 0 aromatic heterocycles. The van der Waals surface area contributed by atoms with E-state index in [4.69, 9.17) is 4.99 Å². The van der Waals surface area contributed by atoms with Crippen molar-refractivity contribution in [2.45, 2.75) is 65.5 Å². The van der Waals surface area contributed by atoms with Crippen LogP contribution in [0.3, 0.4) is 0 Å². The molecular weight excluding hydrogens is 236 g/mol. The lowest BCUT2D eigenvalue weighted by molar-refractivity contribution is -0.134. The summed E-state index contributed by atoms with van der Waals surface area (Å²) in [6, 6.07) is 0.542. The molecule has 0 bridgehead atoms. The number of carbonyl (C=O) groups is 1. The van der Waals surface area contributed by atoms with Crippen LogP contribution in [0, 0.1) is 11.8 Å². The number of amides is 1. The van der Waals surface area contributed by atoms with Crippen molar-refractivity contribution >= 4 is 11.7 Å². The second kappa shape index (κ2) is 5.89. The molecule has 2 aliphatic rings. The first kappa shape index (κ1) is 14.3. The number of allylic oxidation sites excluding steroid dienone is 2. The summed E-state index contributed by atoms with van der Waals surface area (Å²) < 4.78 is 0. The summed E-state index contributed by atoms with van der Waals surface area (Å²) in [5.74, 6) is 1.61. The Morgan fingerprint density at radius 3 is 2.68 bits per heavy atom. The second-order valence-electron chi connectivity index (χ2n) is 5.89. The number of carbonyl (C=O) groups excluding carboxylic acids is 1. The van der Waals surface area contributed by atoms with Gasteiger partial charge in [0, 0.05) is 12.5 Å². The molecule has 3 nitrogen and oxygen atoms in total. The third-order valence-corrected chi connectivity index (χ3v) is 4.12. The predicted molar refractivity (Wildman–Crippen MR) is 79.1 cm³/mol. The Balaban J connectivity index is 2.26. The zero-order valence-corrected chi connectivity index (χ0v) is 12.6. The van der Waals surface area contributed by atoms with E-state index in [9.17, 15) is 4.79 Å². The minimum atomic E-state index is 0.0115. The van der Waals surface area contributed by atoms with Crippen LogP contribution in [0.2, 0.25) is 0 Å². The molecule has 1 aliphatic carbocycles. The second-order valence-corrected chi connectivity index (χ2v) is 5.89. The first-order valence-electron chi connectivity index (χ1n) is 7.62. The topological polar surface area (TPSA) is 32.7 Å². The van der Waals surface area contributed by atoms with Crippen molar-refractivity contribution in [3.05, 3.63) is 12.2 Å². The lowest BCUT2D eigenvalue weighted by Gasteiger charge is -2.37. The number of nitrogens with zero attached hydrogens (tertiary/aromatic N) is 2. The molecule has 106 valence electrons. The molecule has 0 aromatic carbocycles. The molecule has 2 rings (SSSR count). The molecule has 0 N–H and O–H groups in total.